The average Bonchev–Trinajstić information content (AvgIpc) is 1.66. The van der Waals surface area contributed by atoms with Gasteiger partial charge in [-0.05, 0) is 6.92 Å². The van der Waals surface area contributed by atoms with Gasteiger partial charge in [0.1, 0.15) is 0 Å². The summed E-state index contributed by atoms with van der Waals surface area (Å²) >= 11 is 1.58. The van der Waals surface area contributed by atoms with Crippen LogP contribution < -0.4 is 5.73 Å². The van der Waals surface area contributed by atoms with Gasteiger partial charge in [0.05, 0.1) is 11.8 Å². The quantitative estimate of drug-likeness (QED) is 0.637. The Hall–Kier alpha value is 0.0900. The van der Waals surface area contributed by atoms with Gasteiger partial charge in [0.25, 0.3) is 0 Å². The maximum absolute atomic E-state index is 8.07. The van der Waals surface area contributed by atoms with Gasteiger partial charge in [-0.1, -0.05) is 0 Å². The molecule has 2 nitrogen and oxygen atoms in total. The number of thioether (sulfide) groups is 1. The molecular formula is C5H11ClN2S. The third kappa shape index (κ3) is 11.6. The van der Waals surface area contributed by atoms with Crippen molar-refractivity contribution in [3.63, 3.8) is 0 Å². The molecule has 0 amide bonds. The van der Waals surface area contributed by atoms with Crippen molar-refractivity contribution in [3.05, 3.63) is 0 Å². The molecule has 0 aliphatic rings. The molecule has 0 spiro atoms. The topological polar surface area (TPSA) is 49.8 Å². The molecular weight excluding hydrogens is 156 g/mol. The molecule has 9 heavy (non-hydrogen) atoms. The van der Waals surface area contributed by atoms with E-state index in [-0.39, 0.29) is 18.4 Å². The lowest BCUT2D eigenvalue weighted by molar-refractivity contribution is 0.848. The Bertz CT molecular complexity index is 89.4. The van der Waals surface area contributed by atoms with Crippen molar-refractivity contribution in [1.82, 2.24) is 0 Å². The number of hydrogen-bond acceptors (Lipinski definition) is 3. The van der Waals surface area contributed by atoms with Crippen molar-refractivity contribution in [3.8, 4) is 6.07 Å². The summed E-state index contributed by atoms with van der Waals surface area (Å²) in [7, 11) is 0. The van der Waals surface area contributed by atoms with Crippen LogP contribution in [-0.2, 0) is 0 Å². The van der Waals surface area contributed by atoms with Gasteiger partial charge in [0.2, 0.25) is 0 Å². The summed E-state index contributed by atoms with van der Waals surface area (Å²) in [6, 6.07) is 2.25. The highest BCUT2D eigenvalue weighted by Gasteiger charge is 1.90. The predicted molar refractivity (Wildman–Crippen MR) is 43.8 cm³/mol. The van der Waals surface area contributed by atoms with Crippen LogP contribution in [0.3, 0.4) is 0 Å². The van der Waals surface area contributed by atoms with Gasteiger partial charge >= 0.3 is 0 Å². The van der Waals surface area contributed by atoms with Crippen LogP contribution >= 0.6 is 24.2 Å². The first-order valence-electron chi connectivity index (χ1n) is 2.47. The zero-order valence-corrected chi connectivity index (χ0v) is 6.97. The maximum Gasteiger partial charge on any atom is 0.0808 e. The van der Waals surface area contributed by atoms with Crippen LogP contribution in [0.4, 0.5) is 0 Å². The molecule has 0 heterocycles. The summed E-state index contributed by atoms with van der Waals surface area (Å²) in [5.74, 6) is 1.44. The van der Waals surface area contributed by atoms with E-state index in [1.165, 1.54) is 0 Å². The molecule has 0 aromatic heterocycles. The molecule has 0 saturated heterocycles. The number of nitriles is 1. The van der Waals surface area contributed by atoms with E-state index in [9.17, 15) is 0 Å². The number of hydrogen-bond donors (Lipinski definition) is 1. The third-order valence-corrected chi connectivity index (χ3v) is 1.64. The van der Waals surface area contributed by atoms with Gasteiger partial charge in [0, 0.05) is 11.8 Å². The Morgan fingerprint density at radius 3 is 2.67 bits per heavy atom. The van der Waals surface area contributed by atoms with Gasteiger partial charge in [-0.2, -0.15) is 5.26 Å². The lowest BCUT2D eigenvalue weighted by Gasteiger charge is -1.98. The molecule has 54 valence electrons. The van der Waals surface area contributed by atoms with Crippen LogP contribution in [0.2, 0.25) is 0 Å². The Kier molecular flexibility index (Phi) is 10.6. The van der Waals surface area contributed by atoms with E-state index in [2.05, 4.69) is 0 Å². The smallest absolute Gasteiger partial charge is 0.0808 e. The van der Waals surface area contributed by atoms with Crippen LogP contribution in [0.15, 0.2) is 0 Å². The van der Waals surface area contributed by atoms with Crippen molar-refractivity contribution in [2.45, 2.75) is 13.0 Å². The van der Waals surface area contributed by atoms with Crippen LogP contribution in [0.1, 0.15) is 6.92 Å². The second kappa shape index (κ2) is 8.09. The SMILES string of the molecule is C[C@@H](N)CSCC#N.Cl. The molecule has 0 saturated carbocycles. The van der Waals surface area contributed by atoms with Crippen molar-refractivity contribution in [1.29, 1.82) is 5.26 Å². The molecule has 0 aromatic rings. The molecule has 0 fully saturated rings. The van der Waals surface area contributed by atoms with E-state index in [0.717, 1.165) is 5.75 Å². The monoisotopic (exact) mass is 166 g/mol. The minimum Gasteiger partial charge on any atom is -0.327 e. The molecule has 4 heteroatoms. The number of halogens is 1. The van der Waals surface area contributed by atoms with Crippen molar-refractivity contribution in [2.24, 2.45) is 5.73 Å². The minimum atomic E-state index is 0. The summed E-state index contributed by atoms with van der Waals surface area (Å²) in [4.78, 5) is 0. The largest absolute Gasteiger partial charge is 0.327 e. The standard InChI is InChI=1S/C5H10N2S.ClH/c1-5(7)4-8-3-2-6;/h5H,3-4,7H2,1H3;1H/t5-;/m1./s1. The molecule has 0 aliphatic heterocycles. The van der Waals surface area contributed by atoms with Crippen LogP contribution in [0, 0.1) is 11.3 Å². The minimum absolute atomic E-state index is 0. The summed E-state index contributed by atoms with van der Waals surface area (Å²) in [6.07, 6.45) is 0. The van der Waals surface area contributed by atoms with Gasteiger partial charge < -0.3 is 5.73 Å². The molecule has 0 aliphatic carbocycles. The highest BCUT2D eigenvalue weighted by Crippen LogP contribution is 1.98. The third-order valence-electron chi connectivity index (χ3n) is 0.547. The molecule has 0 rings (SSSR count). The van der Waals surface area contributed by atoms with Crippen LogP contribution in [-0.4, -0.2) is 17.5 Å². The Morgan fingerprint density at radius 1 is 1.78 bits per heavy atom. The second-order valence-electron chi connectivity index (χ2n) is 1.65. The Labute approximate surface area is 66.2 Å². The van der Waals surface area contributed by atoms with E-state index < -0.39 is 0 Å². The molecule has 2 N–H and O–H groups in total. The fourth-order valence-electron chi connectivity index (χ4n) is 0.290. The number of nitrogens with zero attached hydrogens (tertiary/aromatic N) is 1. The van der Waals surface area contributed by atoms with E-state index in [1.807, 2.05) is 13.0 Å². The lowest BCUT2D eigenvalue weighted by Crippen LogP contribution is -2.17. The van der Waals surface area contributed by atoms with Gasteiger partial charge in [-0.25, -0.2) is 0 Å². The lowest BCUT2D eigenvalue weighted by atomic mass is 10.4. The van der Waals surface area contributed by atoms with Crippen LogP contribution in [0.25, 0.3) is 0 Å². The summed E-state index contributed by atoms with van der Waals surface area (Å²) in [5.41, 5.74) is 5.40. The predicted octanol–water partition coefficient (Wildman–Crippen LogP) is 1.01. The maximum atomic E-state index is 8.07. The van der Waals surface area contributed by atoms with Crippen molar-refractivity contribution in [2.75, 3.05) is 11.5 Å². The first kappa shape index (κ1) is 11.8. The zero-order valence-electron chi connectivity index (χ0n) is 5.33. The summed E-state index contributed by atoms with van der Waals surface area (Å²) in [6.45, 7) is 1.93. The first-order chi connectivity index (χ1) is 3.77. The molecule has 0 bridgehead atoms. The van der Waals surface area contributed by atoms with Crippen LogP contribution in [0.5, 0.6) is 0 Å². The summed E-state index contributed by atoms with van der Waals surface area (Å²) in [5, 5.41) is 8.07. The number of nitrogens with two attached hydrogens (primary N) is 1. The zero-order chi connectivity index (χ0) is 6.41. The molecule has 0 unspecified atom stereocenters. The molecule has 1 atom stereocenters. The fourth-order valence-corrected chi connectivity index (χ4v) is 0.871. The molecule has 0 aromatic carbocycles. The normalized spacial score (nSPS) is 11.2. The van der Waals surface area contributed by atoms with E-state index >= 15 is 0 Å². The highest BCUT2D eigenvalue weighted by atomic mass is 35.5. The van der Waals surface area contributed by atoms with Crippen molar-refractivity contribution < 1.29 is 0 Å². The number of rotatable bonds is 3. The van der Waals surface area contributed by atoms with Gasteiger partial charge in [-0.15, -0.1) is 24.2 Å². The summed E-state index contributed by atoms with van der Waals surface area (Å²) < 4.78 is 0. The second-order valence-corrected chi connectivity index (χ2v) is 2.68. The fraction of sp³-hybridized carbons (Fsp3) is 0.800. The van der Waals surface area contributed by atoms with Gasteiger partial charge in [0.15, 0.2) is 0 Å². The highest BCUT2D eigenvalue weighted by molar-refractivity contribution is 7.99. The van der Waals surface area contributed by atoms with Crippen molar-refractivity contribution >= 4 is 24.2 Å². The van der Waals surface area contributed by atoms with Gasteiger partial charge in [-0.3, -0.25) is 0 Å². The van der Waals surface area contributed by atoms with E-state index in [1.54, 1.807) is 11.8 Å². The molecule has 0 radical (unpaired) electrons. The Balaban J connectivity index is 0. The van der Waals surface area contributed by atoms with E-state index in [4.69, 9.17) is 11.0 Å². The average molecular weight is 167 g/mol. The first-order valence-corrected chi connectivity index (χ1v) is 3.63. The van der Waals surface area contributed by atoms with E-state index in [0.29, 0.717) is 5.75 Å². The Morgan fingerprint density at radius 2 is 2.33 bits per heavy atom.